The standard InChI is InChI=1S/C14H19BrN4O2/c1-8-9(15)5-6-10-17-12(14(2,3)4)13(19(8)10)16-7-11(20)18-21/h5-6,16,21H,7H2,1-4H3,(H,18,20). The van der Waals surface area contributed by atoms with Crippen LogP contribution >= 0.6 is 15.9 Å². The Kier molecular flexibility index (Phi) is 4.25. The third kappa shape index (κ3) is 3.03. The number of carbonyl (C=O) groups excluding carboxylic acids is 1. The van der Waals surface area contributed by atoms with E-state index in [9.17, 15) is 4.79 Å². The highest BCUT2D eigenvalue weighted by Gasteiger charge is 2.25. The van der Waals surface area contributed by atoms with Gasteiger partial charge < -0.3 is 5.32 Å². The van der Waals surface area contributed by atoms with Gasteiger partial charge in [-0.1, -0.05) is 20.8 Å². The fraction of sp³-hybridized carbons (Fsp3) is 0.429. The second kappa shape index (κ2) is 5.65. The molecule has 0 spiro atoms. The number of anilines is 1. The molecule has 0 atom stereocenters. The van der Waals surface area contributed by atoms with E-state index >= 15 is 0 Å². The number of nitrogens with zero attached hydrogens (tertiary/aromatic N) is 2. The molecule has 1 amide bonds. The molecule has 0 saturated carbocycles. The van der Waals surface area contributed by atoms with Crippen molar-refractivity contribution in [2.75, 3.05) is 11.9 Å². The Balaban J connectivity index is 2.61. The molecule has 0 aliphatic heterocycles. The van der Waals surface area contributed by atoms with Crippen LogP contribution in [0.2, 0.25) is 0 Å². The zero-order valence-corrected chi connectivity index (χ0v) is 14.1. The monoisotopic (exact) mass is 354 g/mol. The van der Waals surface area contributed by atoms with Crippen molar-refractivity contribution in [2.24, 2.45) is 0 Å². The molecular formula is C14H19BrN4O2. The van der Waals surface area contributed by atoms with E-state index in [1.54, 1.807) is 5.48 Å². The molecule has 0 fully saturated rings. The normalized spacial score (nSPS) is 11.7. The molecule has 2 aromatic heterocycles. The SMILES string of the molecule is Cc1c(Br)ccc2nc(C(C)(C)C)c(NCC(=O)NO)n12. The number of aryl methyl sites for hydroxylation is 1. The molecule has 7 heteroatoms. The summed E-state index contributed by atoms with van der Waals surface area (Å²) in [5, 5.41) is 11.7. The molecule has 0 aliphatic carbocycles. The van der Waals surface area contributed by atoms with Crippen molar-refractivity contribution in [1.82, 2.24) is 14.9 Å². The van der Waals surface area contributed by atoms with Gasteiger partial charge in [0.15, 0.2) is 0 Å². The van der Waals surface area contributed by atoms with Crippen LogP contribution in [0.1, 0.15) is 32.2 Å². The Hall–Kier alpha value is -1.60. The Bertz CT molecular complexity index is 688. The largest absolute Gasteiger partial charge is 0.360 e. The van der Waals surface area contributed by atoms with Crippen molar-refractivity contribution in [3.05, 3.63) is 28.0 Å². The first kappa shape index (κ1) is 15.8. The van der Waals surface area contributed by atoms with E-state index < -0.39 is 5.91 Å². The van der Waals surface area contributed by atoms with Crippen LogP contribution in [0.4, 0.5) is 5.82 Å². The maximum absolute atomic E-state index is 11.3. The number of hydrogen-bond acceptors (Lipinski definition) is 4. The molecule has 2 aromatic rings. The Labute approximate surface area is 131 Å². The molecule has 6 nitrogen and oxygen atoms in total. The second-order valence-electron chi connectivity index (χ2n) is 5.91. The van der Waals surface area contributed by atoms with Crippen LogP contribution in [-0.2, 0) is 10.2 Å². The first-order valence-electron chi connectivity index (χ1n) is 6.60. The van der Waals surface area contributed by atoms with Gasteiger partial charge in [-0.25, -0.2) is 10.5 Å². The third-order valence-electron chi connectivity index (χ3n) is 3.21. The minimum absolute atomic E-state index is 0.0284. The van der Waals surface area contributed by atoms with Gasteiger partial charge in [-0.05, 0) is 35.0 Å². The summed E-state index contributed by atoms with van der Waals surface area (Å²) in [5.41, 5.74) is 4.11. The van der Waals surface area contributed by atoms with Gasteiger partial charge in [0.1, 0.15) is 11.5 Å². The van der Waals surface area contributed by atoms with Gasteiger partial charge in [-0.3, -0.25) is 14.4 Å². The first-order valence-corrected chi connectivity index (χ1v) is 7.40. The number of imidazole rings is 1. The Morgan fingerprint density at radius 2 is 2.10 bits per heavy atom. The highest BCUT2D eigenvalue weighted by Crippen LogP contribution is 2.32. The maximum Gasteiger partial charge on any atom is 0.262 e. The molecule has 0 aromatic carbocycles. The zero-order chi connectivity index (χ0) is 15.8. The summed E-state index contributed by atoms with van der Waals surface area (Å²) in [7, 11) is 0. The predicted molar refractivity (Wildman–Crippen MR) is 84.7 cm³/mol. The van der Waals surface area contributed by atoms with Crippen molar-refractivity contribution in [3.63, 3.8) is 0 Å². The average molecular weight is 355 g/mol. The average Bonchev–Trinajstić information content (AvgIpc) is 2.79. The molecule has 2 heterocycles. The molecule has 2 rings (SSSR count). The lowest BCUT2D eigenvalue weighted by Crippen LogP contribution is -2.28. The van der Waals surface area contributed by atoms with Gasteiger partial charge in [0.05, 0.1) is 12.2 Å². The maximum atomic E-state index is 11.3. The van der Waals surface area contributed by atoms with Crippen LogP contribution in [0.25, 0.3) is 5.65 Å². The predicted octanol–water partition coefficient (Wildman–Crippen LogP) is 2.62. The number of halogens is 1. The summed E-state index contributed by atoms with van der Waals surface area (Å²) < 4.78 is 2.93. The summed E-state index contributed by atoms with van der Waals surface area (Å²) in [5.74, 6) is 0.261. The number of amides is 1. The van der Waals surface area contributed by atoms with Crippen LogP contribution in [0, 0.1) is 6.92 Å². The lowest BCUT2D eigenvalue weighted by Gasteiger charge is -2.19. The highest BCUT2D eigenvalue weighted by atomic mass is 79.9. The van der Waals surface area contributed by atoms with E-state index in [4.69, 9.17) is 5.21 Å². The van der Waals surface area contributed by atoms with Gasteiger partial charge in [0.25, 0.3) is 5.91 Å². The zero-order valence-electron chi connectivity index (χ0n) is 12.5. The fourth-order valence-corrected chi connectivity index (χ4v) is 2.46. The highest BCUT2D eigenvalue weighted by molar-refractivity contribution is 9.10. The number of pyridine rings is 1. The van der Waals surface area contributed by atoms with Gasteiger partial charge in [0.2, 0.25) is 0 Å². The second-order valence-corrected chi connectivity index (χ2v) is 6.76. The van der Waals surface area contributed by atoms with E-state index in [-0.39, 0.29) is 12.0 Å². The van der Waals surface area contributed by atoms with Crippen molar-refractivity contribution in [1.29, 1.82) is 0 Å². The van der Waals surface area contributed by atoms with E-state index in [0.717, 1.165) is 27.3 Å². The molecule has 0 aliphatic rings. The van der Waals surface area contributed by atoms with Gasteiger partial charge in [0, 0.05) is 15.6 Å². The van der Waals surface area contributed by atoms with Crippen molar-refractivity contribution >= 4 is 33.3 Å². The van der Waals surface area contributed by atoms with Crippen LogP contribution < -0.4 is 10.8 Å². The topological polar surface area (TPSA) is 78.7 Å². The van der Waals surface area contributed by atoms with E-state index in [0.29, 0.717) is 0 Å². The minimum atomic E-state index is -0.502. The quantitative estimate of drug-likeness (QED) is 0.584. The molecule has 114 valence electrons. The number of carbonyl (C=O) groups is 1. The smallest absolute Gasteiger partial charge is 0.262 e. The van der Waals surface area contributed by atoms with Gasteiger partial charge in [-0.2, -0.15) is 0 Å². The first-order chi connectivity index (χ1) is 9.75. The van der Waals surface area contributed by atoms with E-state index in [2.05, 4.69) is 47.0 Å². The Morgan fingerprint density at radius 1 is 1.43 bits per heavy atom. The summed E-state index contributed by atoms with van der Waals surface area (Å²) in [4.78, 5) is 16.0. The van der Waals surface area contributed by atoms with Crippen LogP contribution in [0.15, 0.2) is 16.6 Å². The molecule has 0 unspecified atom stereocenters. The number of aromatic nitrogens is 2. The summed E-state index contributed by atoms with van der Waals surface area (Å²) in [6.45, 7) is 8.14. The molecule has 21 heavy (non-hydrogen) atoms. The number of hydrogen-bond donors (Lipinski definition) is 3. The van der Waals surface area contributed by atoms with Crippen LogP contribution in [-0.4, -0.2) is 27.0 Å². The summed E-state index contributed by atoms with van der Waals surface area (Å²) in [6.07, 6.45) is 0. The van der Waals surface area contributed by atoms with Crippen molar-refractivity contribution < 1.29 is 10.0 Å². The van der Waals surface area contributed by atoms with Gasteiger partial charge >= 0.3 is 0 Å². The summed E-state index contributed by atoms with van der Waals surface area (Å²) >= 11 is 3.51. The molecular weight excluding hydrogens is 336 g/mol. The molecule has 0 bridgehead atoms. The van der Waals surface area contributed by atoms with Gasteiger partial charge in [-0.15, -0.1) is 0 Å². The van der Waals surface area contributed by atoms with E-state index in [1.807, 2.05) is 23.5 Å². The van der Waals surface area contributed by atoms with Crippen molar-refractivity contribution in [2.45, 2.75) is 33.1 Å². The lowest BCUT2D eigenvalue weighted by molar-refractivity contribution is -0.127. The van der Waals surface area contributed by atoms with Crippen LogP contribution in [0.5, 0.6) is 0 Å². The Morgan fingerprint density at radius 3 is 2.67 bits per heavy atom. The minimum Gasteiger partial charge on any atom is -0.360 e. The van der Waals surface area contributed by atoms with E-state index in [1.165, 1.54) is 0 Å². The summed E-state index contributed by atoms with van der Waals surface area (Å²) in [6, 6.07) is 3.87. The number of rotatable bonds is 3. The number of hydroxylamine groups is 1. The molecule has 3 N–H and O–H groups in total. The third-order valence-corrected chi connectivity index (χ3v) is 4.05. The van der Waals surface area contributed by atoms with Crippen LogP contribution in [0.3, 0.4) is 0 Å². The molecule has 0 radical (unpaired) electrons. The lowest BCUT2D eigenvalue weighted by atomic mass is 9.92. The number of fused-ring (bicyclic) bond motifs is 1. The molecule has 0 saturated heterocycles. The number of nitrogens with one attached hydrogen (secondary N) is 2. The fourth-order valence-electron chi connectivity index (χ4n) is 2.15. The van der Waals surface area contributed by atoms with Crippen molar-refractivity contribution in [3.8, 4) is 0 Å².